The molecule has 9 heteroatoms. The first-order chi connectivity index (χ1) is 14.4. The lowest BCUT2D eigenvalue weighted by Crippen LogP contribution is -2.22. The monoisotopic (exact) mass is 408 g/mol. The van der Waals surface area contributed by atoms with Crippen molar-refractivity contribution in [1.82, 2.24) is 9.38 Å². The third kappa shape index (κ3) is 3.73. The van der Waals surface area contributed by atoms with Crippen LogP contribution in [0.15, 0.2) is 47.4 Å². The van der Waals surface area contributed by atoms with Crippen LogP contribution < -0.4 is 10.5 Å². The molecule has 0 N–H and O–H groups in total. The van der Waals surface area contributed by atoms with Crippen molar-refractivity contribution in [2.45, 2.75) is 26.4 Å². The van der Waals surface area contributed by atoms with Crippen LogP contribution in [0.2, 0.25) is 0 Å². The summed E-state index contributed by atoms with van der Waals surface area (Å²) in [6.45, 7) is 3.19. The zero-order valence-corrected chi connectivity index (χ0v) is 16.4. The number of carbonyl (C=O) groups is 1. The Morgan fingerprint density at radius 3 is 2.73 bits per heavy atom. The molecule has 0 atom stereocenters. The maximum absolute atomic E-state index is 12.8. The van der Waals surface area contributed by atoms with E-state index in [0.29, 0.717) is 17.0 Å². The van der Waals surface area contributed by atoms with E-state index in [1.807, 2.05) is 17.9 Å². The average molecular weight is 408 g/mol. The van der Waals surface area contributed by atoms with Gasteiger partial charge < -0.3 is 9.64 Å². The van der Waals surface area contributed by atoms with Gasteiger partial charge in [-0.3, -0.25) is 19.3 Å². The standard InChI is InChI=1S/C21H20N4O5/c1-14-5-4-10-24-19(26)11-15(22-20(14)24)13-30-21(27)17-12-16(25(28)29)6-7-18(17)23-8-2-3-9-23/h4-7,10-12H,2-3,8-9,13H2,1H3. The summed E-state index contributed by atoms with van der Waals surface area (Å²) < 4.78 is 6.82. The Morgan fingerprint density at radius 1 is 1.23 bits per heavy atom. The second kappa shape index (κ2) is 7.94. The van der Waals surface area contributed by atoms with Crippen molar-refractivity contribution in [3.63, 3.8) is 0 Å². The second-order valence-corrected chi connectivity index (χ2v) is 7.20. The zero-order chi connectivity index (χ0) is 21.3. The molecular formula is C21H20N4O5. The van der Waals surface area contributed by atoms with E-state index in [0.717, 1.165) is 31.5 Å². The molecule has 0 unspecified atom stereocenters. The molecule has 30 heavy (non-hydrogen) atoms. The minimum absolute atomic E-state index is 0.139. The lowest BCUT2D eigenvalue weighted by molar-refractivity contribution is -0.384. The highest BCUT2D eigenvalue weighted by molar-refractivity contribution is 5.96. The van der Waals surface area contributed by atoms with Crippen LogP contribution in [0.5, 0.6) is 0 Å². The number of esters is 1. The van der Waals surface area contributed by atoms with Gasteiger partial charge in [-0.1, -0.05) is 6.07 Å². The van der Waals surface area contributed by atoms with Crippen LogP contribution in [-0.2, 0) is 11.3 Å². The molecule has 1 aliphatic rings. The topological polar surface area (TPSA) is 107 Å². The number of pyridine rings is 1. The molecule has 0 saturated carbocycles. The molecule has 1 saturated heterocycles. The fourth-order valence-corrected chi connectivity index (χ4v) is 3.63. The lowest BCUT2D eigenvalue weighted by Gasteiger charge is -2.20. The summed E-state index contributed by atoms with van der Waals surface area (Å²) in [6, 6.07) is 9.12. The number of carbonyl (C=O) groups excluding carboxylic acids is 1. The number of benzene rings is 1. The Morgan fingerprint density at radius 2 is 2.00 bits per heavy atom. The van der Waals surface area contributed by atoms with Crippen molar-refractivity contribution in [2.75, 3.05) is 18.0 Å². The first-order valence-electron chi connectivity index (χ1n) is 9.62. The van der Waals surface area contributed by atoms with Crippen LogP contribution in [0.1, 0.15) is 34.5 Å². The fraction of sp³-hybridized carbons (Fsp3) is 0.286. The number of aryl methyl sites for hydroxylation is 1. The van der Waals surface area contributed by atoms with Gasteiger partial charge >= 0.3 is 5.97 Å². The van der Waals surface area contributed by atoms with E-state index in [1.165, 1.54) is 22.6 Å². The van der Waals surface area contributed by atoms with Gasteiger partial charge in [-0.25, -0.2) is 9.78 Å². The molecule has 3 heterocycles. The highest BCUT2D eigenvalue weighted by Crippen LogP contribution is 2.29. The predicted octanol–water partition coefficient (Wildman–Crippen LogP) is 2.87. The summed E-state index contributed by atoms with van der Waals surface area (Å²) in [5, 5.41) is 11.2. The number of fused-ring (bicyclic) bond motifs is 1. The Hall–Kier alpha value is -3.75. The Kier molecular flexibility index (Phi) is 5.18. The third-order valence-corrected chi connectivity index (χ3v) is 5.15. The SMILES string of the molecule is Cc1cccn2c(=O)cc(COC(=O)c3cc([N+](=O)[O-])ccc3N3CCCC3)nc12. The third-order valence-electron chi connectivity index (χ3n) is 5.15. The van der Waals surface area contributed by atoms with Crippen molar-refractivity contribution >= 4 is 23.0 Å². The van der Waals surface area contributed by atoms with Gasteiger partial charge in [-0.05, 0) is 37.5 Å². The van der Waals surface area contributed by atoms with E-state index in [2.05, 4.69) is 4.98 Å². The summed E-state index contributed by atoms with van der Waals surface area (Å²) in [6.07, 6.45) is 3.62. The van der Waals surface area contributed by atoms with Crippen LogP contribution in [0, 0.1) is 17.0 Å². The maximum Gasteiger partial charge on any atom is 0.340 e. The van der Waals surface area contributed by atoms with E-state index >= 15 is 0 Å². The molecule has 4 rings (SSSR count). The van der Waals surface area contributed by atoms with Gasteiger partial charge in [-0.2, -0.15) is 0 Å². The molecule has 0 aliphatic carbocycles. The van der Waals surface area contributed by atoms with E-state index in [-0.39, 0.29) is 23.4 Å². The van der Waals surface area contributed by atoms with E-state index < -0.39 is 10.9 Å². The molecule has 154 valence electrons. The highest BCUT2D eigenvalue weighted by Gasteiger charge is 2.23. The number of rotatable bonds is 5. The largest absolute Gasteiger partial charge is 0.456 e. The number of non-ortho nitro benzene ring substituents is 1. The number of hydrogen-bond donors (Lipinski definition) is 0. The first kappa shape index (κ1) is 19.6. The number of nitro benzene ring substituents is 1. The summed E-state index contributed by atoms with van der Waals surface area (Å²) in [5.41, 5.74) is 1.92. The second-order valence-electron chi connectivity index (χ2n) is 7.20. The smallest absolute Gasteiger partial charge is 0.340 e. The van der Waals surface area contributed by atoms with Crippen molar-refractivity contribution in [3.05, 3.63) is 79.9 Å². The van der Waals surface area contributed by atoms with E-state index in [4.69, 9.17) is 4.74 Å². The van der Waals surface area contributed by atoms with E-state index in [1.54, 1.807) is 18.3 Å². The van der Waals surface area contributed by atoms with Crippen LogP contribution in [0.3, 0.4) is 0 Å². The van der Waals surface area contributed by atoms with E-state index in [9.17, 15) is 19.7 Å². The fourth-order valence-electron chi connectivity index (χ4n) is 3.63. The van der Waals surface area contributed by atoms with Gasteiger partial charge in [-0.15, -0.1) is 0 Å². The Labute approximate surface area is 171 Å². The van der Waals surface area contributed by atoms with Gasteiger partial charge in [0.15, 0.2) is 0 Å². The summed E-state index contributed by atoms with van der Waals surface area (Å²) in [7, 11) is 0. The minimum atomic E-state index is -0.688. The van der Waals surface area contributed by atoms with Gasteiger partial charge in [0.25, 0.3) is 11.2 Å². The average Bonchev–Trinajstić information content (AvgIpc) is 3.27. The molecule has 0 spiro atoms. The van der Waals surface area contributed by atoms with Crippen LogP contribution in [-0.4, -0.2) is 33.4 Å². The van der Waals surface area contributed by atoms with Crippen molar-refractivity contribution < 1.29 is 14.5 Å². The molecule has 1 fully saturated rings. The Bertz CT molecular complexity index is 1200. The summed E-state index contributed by atoms with van der Waals surface area (Å²) in [4.78, 5) is 42.2. The molecular weight excluding hydrogens is 388 g/mol. The normalized spacial score (nSPS) is 13.6. The molecule has 0 amide bonds. The minimum Gasteiger partial charge on any atom is -0.456 e. The van der Waals surface area contributed by atoms with Gasteiger partial charge in [0.2, 0.25) is 0 Å². The Balaban J connectivity index is 1.62. The number of anilines is 1. The molecule has 1 aromatic carbocycles. The van der Waals surface area contributed by atoms with Gasteiger partial charge in [0, 0.05) is 37.5 Å². The maximum atomic E-state index is 12.8. The van der Waals surface area contributed by atoms with Crippen LogP contribution in [0.25, 0.3) is 5.65 Å². The number of ether oxygens (including phenoxy) is 1. The van der Waals surface area contributed by atoms with Gasteiger partial charge in [0.05, 0.1) is 21.9 Å². The van der Waals surface area contributed by atoms with Crippen LogP contribution >= 0.6 is 0 Å². The van der Waals surface area contributed by atoms with Crippen molar-refractivity contribution in [2.24, 2.45) is 0 Å². The summed E-state index contributed by atoms with van der Waals surface area (Å²) >= 11 is 0. The first-order valence-corrected chi connectivity index (χ1v) is 9.62. The molecule has 0 bridgehead atoms. The van der Waals surface area contributed by atoms with Crippen molar-refractivity contribution in [1.29, 1.82) is 0 Å². The highest BCUT2D eigenvalue weighted by atomic mass is 16.6. The number of hydrogen-bond acceptors (Lipinski definition) is 7. The molecule has 3 aromatic rings. The van der Waals surface area contributed by atoms with Crippen LogP contribution in [0.4, 0.5) is 11.4 Å². The van der Waals surface area contributed by atoms with Crippen molar-refractivity contribution in [3.8, 4) is 0 Å². The van der Waals surface area contributed by atoms with Gasteiger partial charge in [0.1, 0.15) is 12.3 Å². The molecule has 2 aromatic heterocycles. The summed E-state index contributed by atoms with van der Waals surface area (Å²) in [5.74, 6) is -0.688. The lowest BCUT2D eigenvalue weighted by atomic mass is 10.1. The quantitative estimate of drug-likeness (QED) is 0.363. The molecule has 0 radical (unpaired) electrons. The number of nitrogens with zero attached hydrogens (tertiary/aromatic N) is 4. The zero-order valence-electron chi connectivity index (χ0n) is 16.4. The predicted molar refractivity (Wildman–Crippen MR) is 110 cm³/mol. The number of aromatic nitrogens is 2. The molecule has 1 aliphatic heterocycles. The molecule has 9 nitrogen and oxygen atoms in total. The number of nitro groups is 1.